The van der Waals surface area contributed by atoms with Gasteiger partial charge in [0.2, 0.25) is 0 Å². The maximum absolute atomic E-state index is 5.53. The Morgan fingerprint density at radius 3 is 2.93 bits per heavy atom. The van der Waals surface area contributed by atoms with Crippen molar-refractivity contribution in [3.63, 3.8) is 0 Å². The fraction of sp³-hybridized carbons (Fsp3) is 1.00. The second-order valence-corrected chi connectivity index (χ2v) is 5.22. The summed E-state index contributed by atoms with van der Waals surface area (Å²) in [6.45, 7) is 4.56. The average Bonchev–Trinajstić information content (AvgIpc) is 2.85. The quantitative estimate of drug-likeness (QED) is 0.735. The van der Waals surface area contributed by atoms with E-state index in [4.69, 9.17) is 4.74 Å². The molecule has 3 nitrogen and oxygen atoms in total. The average molecular weight is 210 g/mol. The zero-order valence-electron chi connectivity index (χ0n) is 9.45. The predicted octanol–water partition coefficient (Wildman–Crippen LogP) is 0.992. The summed E-state index contributed by atoms with van der Waals surface area (Å²) >= 11 is 0. The number of rotatable bonds is 2. The molecule has 0 bridgehead atoms. The molecule has 3 fully saturated rings. The molecule has 0 saturated carbocycles. The van der Waals surface area contributed by atoms with Gasteiger partial charge >= 0.3 is 0 Å². The number of fused-ring (bicyclic) bond motifs is 1. The Kier molecular flexibility index (Phi) is 2.95. The Morgan fingerprint density at radius 2 is 2.07 bits per heavy atom. The van der Waals surface area contributed by atoms with Crippen molar-refractivity contribution in [1.82, 2.24) is 10.2 Å². The van der Waals surface area contributed by atoms with Crippen LogP contribution in [0.5, 0.6) is 0 Å². The van der Waals surface area contributed by atoms with Crippen molar-refractivity contribution in [1.29, 1.82) is 0 Å². The first-order valence-electron chi connectivity index (χ1n) is 6.51. The standard InChI is InChI=1S/C12H22N2O/c1-4-12-11(5-7-14(12)6-1)13-10-3-2-8-15-9-10/h10-13H,1-9H2. The Bertz CT molecular complexity index is 216. The highest BCUT2D eigenvalue weighted by atomic mass is 16.5. The van der Waals surface area contributed by atoms with Crippen LogP contribution in [0.2, 0.25) is 0 Å². The third kappa shape index (κ3) is 2.05. The van der Waals surface area contributed by atoms with Crippen molar-refractivity contribution in [2.45, 2.75) is 50.2 Å². The summed E-state index contributed by atoms with van der Waals surface area (Å²) in [5, 5.41) is 3.82. The lowest BCUT2D eigenvalue weighted by Crippen LogP contribution is -2.47. The lowest BCUT2D eigenvalue weighted by atomic mass is 10.0. The SMILES string of the molecule is C1COCC(NC2CCN3CCCC23)C1. The molecule has 0 radical (unpaired) electrons. The van der Waals surface area contributed by atoms with Crippen molar-refractivity contribution in [2.75, 3.05) is 26.3 Å². The topological polar surface area (TPSA) is 24.5 Å². The number of ether oxygens (including phenoxy) is 1. The van der Waals surface area contributed by atoms with Crippen LogP contribution in [0, 0.1) is 0 Å². The van der Waals surface area contributed by atoms with Gasteiger partial charge in [-0.15, -0.1) is 0 Å². The summed E-state index contributed by atoms with van der Waals surface area (Å²) in [5.74, 6) is 0. The highest BCUT2D eigenvalue weighted by molar-refractivity contribution is 4.96. The van der Waals surface area contributed by atoms with E-state index < -0.39 is 0 Å². The monoisotopic (exact) mass is 210 g/mol. The molecule has 3 aliphatic rings. The van der Waals surface area contributed by atoms with Gasteiger partial charge in [-0.05, 0) is 38.6 Å². The van der Waals surface area contributed by atoms with Crippen LogP contribution in [0.4, 0.5) is 0 Å². The van der Waals surface area contributed by atoms with Gasteiger partial charge in [0, 0.05) is 31.3 Å². The van der Waals surface area contributed by atoms with Gasteiger partial charge < -0.3 is 10.1 Å². The van der Waals surface area contributed by atoms with Gasteiger partial charge in [-0.25, -0.2) is 0 Å². The summed E-state index contributed by atoms with van der Waals surface area (Å²) in [7, 11) is 0. The van der Waals surface area contributed by atoms with Crippen LogP contribution in [0.3, 0.4) is 0 Å². The van der Waals surface area contributed by atoms with Crippen molar-refractivity contribution < 1.29 is 4.74 Å². The molecule has 0 aromatic heterocycles. The van der Waals surface area contributed by atoms with Crippen LogP contribution in [0.15, 0.2) is 0 Å². The first-order valence-corrected chi connectivity index (χ1v) is 6.51. The molecule has 3 heteroatoms. The van der Waals surface area contributed by atoms with Gasteiger partial charge in [-0.1, -0.05) is 0 Å². The minimum Gasteiger partial charge on any atom is -0.380 e. The molecule has 0 aromatic carbocycles. The lowest BCUT2D eigenvalue weighted by molar-refractivity contribution is 0.0648. The Labute approximate surface area is 92.2 Å². The lowest BCUT2D eigenvalue weighted by Gasteiger charge is -2.29. The minimum absolute atomic E-state index is 0.629. The minimum atomic E-state index is 0.629. The largest absolute Gasteiger partial charge is 0.380 e. The molecule has 3 aliphatic heterocycles. The van der Waals surface area contributed by atoms with E-state index in [2.05, 4.69) is 10.2 Å². The Balaban J connectivity index is 1.54. The molecule has 0 amide bonds. The molecule has 3 atom stereocenters. The van der Waals surface area contributed by atoms with Gasteiger partial charge in [0.1, 0.15) is 0 Å². The highest BCUT2D eigenvalue weighted by Crippen LogP contribution is 2.28. The molecule has 3 unspecified atom stereocenters. The van der Waals surface area contributed by atoms with Gasteiger partial charge in [-0.3, -0.25) is 4.90 Å². The fourth-order valence-electron chi connectivity index (χ4n) is 3.45. The third-order valence-corrected chi connectivity index (χ3v) is 4.22. The van der Waals surface area contributed by atoms with Gasteiger partial charge in [-0.2, -0.15) is 0 Å². The molecule has 3 rings (SSSR count). The molecule has 1 N–H and O–H groups in total. The highest BCUT2D eigenvalue weighted by Gasteiger charge is 2.37. The van der Waals surface area contributed by atoms with Gasteiger partial charge in [0.15, 0.2) is 0 Å². The summed E-state index contributed by atoms with van der Waals surface area (Å²) < 4.78 is 5.53. The fourth-order valence-corrected chi connectivity index (χ4v) is 3.45. The van der Waals surface area contributed by atoms with E-state index in [1.807, 2.05) is 0 Å². The van der Waals surface area contributed by atoms with Crippen molar-refractivity contribution in [2.24, 2.45) is 0 Å². The number of nitrogens with one attached hydrogen (secondary N) is 1. The Morgan fingerprint density at radius 1 is 1.07 bits per heavy atom. The van der Waals surface area contributed by atoms with E-state index in [1.165, 1.54) is 45.2 Å². The van der Waals surface area contributed by atoms with E-state index in [-0.39, 0.29) is 0 Å². The second-order valence-electron chi connectivity index (χ2n) is 5.22. The van der Waals surface area contributed by atoms with Gasteiger partial charge in [0.05, 0.1) is 6.61 Å². The molecular weight excluding hydrogens is 188 g/mol. The molecule has 0 aliphatic carbocycles. The second kappa shape index (κ2) is 4.40. The molecule has 86 valence electrons. The molecule has 15 heavy (non-hydrogen) atoms. The maximum Gasteiger partial charge on any atom is 0.0619 e. The first-order chi connectivity index (χ1) is 7.43. The summed E-state index contributed by atoms with van der Waals surface area (Å²) in [4.78, 5) is 2.67. The van der Waals surface area contributed by atoms with E-state index in [9.17, 15) is 0 Å². The van der Waals surface area contributed by atoms with Crippen molar-refractivity contribution >= 4 is 0 Å². The summed E-state index contributed by atoms with van der Waals surface area (Å²) in [5.41, 5.74) is 0. The number of hydrogen-bond acceptors (Lipinski definition) is 3. The van der Waals surface area contributed by atoms with E-state index in [0.717, 1.165) is 25.3 Å². The number of nitrogens with zero attached hydrogens (tertiary/aromatic N) is 1. The smallest absolute Gasteiger partial charge is 0.0619 e. The molecule has 0 aromatic rings. The van der Waals surface area contributed by atoms with Crippen LogP contribution in [0.25, 0.3) is 0 Å². The molecule has 3 heterocycles. The summed E-state index contributed by atoms with van der Waals surface area (Å²) in [6, 6.07) is 2.22. The molecular formula is C12H22N2O. The number of hydrogen-bond donors (Lipinski definition) is 1. The zero-order chi connectivity index (χ0) is 10.1. The first kappa shape index (κ1) is 10.1. The van der Waals surface area contributed by atoms with Crippen LogP contribution < -0.4 is 5.32 Å². The zero-order valence-corrected chi connectivity index (χ0v) is 9.45. The van der Waals surface area contributed by atoms with E-state index in [0.29, 0.717) is 6.04 Å². The van der Waals surface area contributed by atoms with E-state index >= 15 is 0 Å². The van der Waals surface area contributed by atoms with Crippen molar-refractivity contribution in [3.8, 4) is 0 Å². The normalized spacial score (nSPS) is 42.0. The maximum atomic E-state index is 5.53. The van der Waals surface area contributed by atoms with Crippen LogP contribution in [0.1, 0.15) is 32.1 Å². The van der Waals surface area contributed by atoms with Crippen molar-refractivity contribution in [3.05, 3.63) is 0 Å². The molecule has 3 saturated heterocycles. The Hall–Kier alpha value is -0.120. The summed E-state index contributed by atoms with van der Waals surface area (Å²) in [6.07, 6.45) is 6.71. The van der Waals surface area contributed by atoms with E-state index in [1.54, 1.807) is 0 Å². The molecule has 0 spiro atoms. The van der Waals surface area contributed by atoms with Crippen LogP contribution in [-0.4, -0.2) is 49.3 Å². The predicted molar refractivity (Wildman–Crippen MR) is 60.0 cm³/mol. The third-order valence-electron chi connectivity index (χ3n) is 4.22. The van der Waals surface area contributed by atoms with Crippen LogP contribution >= 0.6 is 0 Å². The van der Waals surface area contributed by atoms with Crippen LogP contribution in [-0.2, 0) is 4.74 Å². The van der Waals surface area contributed by atoms with Gasteiger partial charge in [0.25, 0.3) is 0 Å².